The molecule has 2 aromatic heterocycles. The molecule has 0 aliphatic carbocycles. The third-order valence-electron chi connectivity index (χ3n) is 4.74. The minimum absolute atomic E-state index is 0.0594. The number of fused-ring (bicyclic) bond motifs is 1. The van der Waals surface area contributed by atoms with Gasteiger partial charge < -0.3 is 19.4 Å². The summed E-state index contributed by atoms with van der Waals surface area (Å²) in [5, 5.41) is 3.29. The van der Waals surface area contributed by atoms with Crippen LogP contribution in [-0.2, 0) is 18.9 Å². The van der Waals surface area contributed by atoms with Crippen LogP contribution < -0.4 is 26.0 Å². The Morgan fingerprint density at radius 3 is 2.26 bits per heavy atom. The van der Waals surface area contributed by atoms with Crippen molar-refractivity contribution in [1.29, 1.82) is 0 Å². The first-order valence-corrected chi connectivity index (χ1v) is 10.5. The SMILES string of the molecule is COc1cc(NC(=O)CSc2nc3c(c(=O)n(C)c(=O)n3C)n2C(C)C)cc(OC)c1. The number of thioether (sulfide) groups is 1. The quantitative estimate of drug-likeness (QED) is 0.550. The third-order valence-corrected chi connectivity index (χ3v) is 5.70. The van der Waals surface area contributed by atoms with Crippen molar-refractivity contribution < 1.29 is 14.3 Å². The summed E-state index contributed by atoms with van der Waals surface area (Å²) in [6, 6.07) is 4.99. The van der Waals surface area contributed by atoms with Gasteiger partial charge in [0, 0.05) is 44.0 Å². The zero-order valence-corrected chi connectivity index (χ0v) is 19.1. The van der Waals surface area contributed by atoms with Gasteiger partial charge in [0.1, 0.15) is 11.5 Å². The molecular weight excluding hydrogens is 422 g/mol. The van der Waals surface area contributed by atoms with Crippen LogP contribution >= 0.6 is 11.8 Å². The van der Waals surface area contributed by atoms with Crippen molar-refractivity contribution in [3.8, 4) is 11.5 Å². The second-order valence-corrected chi connectivity index (χ2v) is 8.12. The van der Waals surface area contributed by atoms with E-state index in [1.165, 1.54) is 37.6 Å². The molecule has 3 rings (SSSR count). The van der Waals surface area contributed by atoms with E-state index in [0.717, 1.165) is 4.57 Å². The molecule has 2 heterocycles. The second-order valence-electron chi connectivity index (χ2n) is 7.17. The molecule has 0 unspecified atom stereocenters. The fraction of sp³-hybridized carbons (Fsp3) is 0.400. The van der Waals surface area contributed by atoms with Gasteiger partial charge in [-0.2, -0.15) is 0 Å². The summed E-state index contributed by atoms with van der Waals surface area (Å²) < 4.78 is 14.6. The van der Waals surface area contributed by atoms with Crippen LogP contribution in [0.15, 0.2) is 32.9 Å². The fourth-order valence-corrected chi connectivity index (χ4v) is 4.11. The van der Waals surface area contributed by atoms with Gasteiger partial charge in [0.05, 0.1) is 20.0 Å². The summed E-state index contributed by atoms with van der Waals surface area (Å²) in [6.07, 6.45) is 0. The smallest absolute Gasteiger partial charge is 0.332 e. The molecule has 0 aliphatic rings. The normalized spacial score (nSPS) is 11.2. The molecule has 1 aromatic carbocycles. The van der Waals surface area contributed by atoms with E-state index >= 15 is 0 Å². The van der Waals surface area contributed by atoms with E-state index in [0.29, 0.717) is 33.5 Å². The summed E-state index contributed by atoms with van der Waals surface area (Å²) in [5.41, 5.74) is 0.295. The van der Waals surface area contributed by atoms with Crippen molar-refractivity contribution >= 4 is 34.5 Å². The van der Waals surface area contributed by atoms with Crippen molar-refractivity contribution in [3.05, 3.63) is 39.0 Å². The number of aryl methyl sites for hydroxylation is 1. The molecule has 0 fully saturated rings. The van der Waals surface area contributed by atoms with E-state index in [4.69, 9.17) is 9.47 Å². The Kier molecular flexibility index (Phi) is 6.44. The average molecular weight is 448 g/mol. The number of anilines is 1. The highest BCUT2D eigenvalue weighted by Crippen LogP contribution is 2.28. The molecule has 10 nitrogen and oxygen atoms in total. The maximum absolute atomic E-state index is 12.7. The molecule has 0 saturated heterocycles. The van der Waals surface area contributed by atoms with E-state index in [9.17, 15) is 14.4 Å². The highest BCUT2D eigenvalue weighted by Gasteiger charge is 2.21. The molecule has 1 amide bonds. The number of carbonyl (C=O) groups is 1. The summed E-state index contributed by atoms with van der Waals surface area (Å²) in [4.78, 5) is 42.0. The number of ether oxygens (including phenoxy) is 2. The fourth-order valence-electron chi connectivity index (χ4n) is 3.18. The number of hydrogen-bond acceptors (Lipinski definition) is 7. The van der Waals surface area contributed by atoms with Crippen molar-refractivity contribution in [2.45, 2.75) is 25.0 Å². The van der Waals surface area contributed by atoms with E-state index in [1.807, 2.05) is 13.8 Å². The van der Waals surface area contributed by atoms with Crippen LogP contribution in [0.2, 0.25) is 0 Å². The van der Waals surface area contributed by atoms with Gasteiger partial charge in [0.15, 0.2) is 16.3 Å². The molecule has 166 valence electrons. The monoisotopic (exact) mass is 447 g/mol. The number of methoxy groups -OCH3 is 2. The molecule has 1 N–H and O–H groups in total. The molecule has 0 atom stereocenters. The summed E-state index contributed by atoms with van der Waals surface area (Å²) in [5.74, 6) is 0.912. The lowest BCUT2D eigenvalue weighted by Crippen LogP contribution is -2.37. The summed E-state index contributed by atoms with van der Waals surface area (Å²) >= 11 is 1.19. The van der Waals surface area contributed by atoms with Crippen LogP contribution in [0.3, 0.4) is 0 Å². The van der Waals surface area contributed by atoms with Gasteiger partial charge in [0.2, 0.25) is 5.91 Å². The van der Waals surface area contributed by atoms with Crippen LogP contribution in [0.4, 0.5) is 5.69 Å². The van der Waals surface area contributed by atoms with Gasteiger partial charge in [-0.05, 0) is 13.8 Å². The van der Waals surface area contributed by atoms with Crippen LogP contribution in [-0.4, -0.2) is 44.6 Å². The first-order chi connectivity index (χ1) is 14.7. The molecule has 0 saturated carbocycles. The lowest BCUT2D eigenvalue weighted by atomic mass is 10.2. The lowest BCUT2D eigenvalue weighted by Gasteiger charge is -2.13. The van der Waals surface area contributed by atoms with Gasteiger partial charge >= 0.3 is 5.69 Å². The Morgan fingerprint density at radius 2 is 1.71 bits per heavy atom. The number of benzene rings is 1. The molecule has 0 spiro atoms. The Hall–Kier alpha value is -3.21. The van der Waals surface area contributed by atoms with Crippen LogP contribution in [0.25, 0.3) is 11.2 Å². The van der Waals surface area contributed by atoms with Gasteiger partial charge in [-0.3, -0.25) is 18.7 Å². The summed E-state index contributed by atoms with van der Waals surface area (Å²) in [6.45, 7) is 3.83. The van der Waals surface area contributed by atoms with E-state index in [-0.39, 0.29) is 17.7 Å². The molecule has 3 aromatic rings. The van der Waals surface area contributed by atoms with Gasteiger partial charge in [0.25, 0.3) is 5.56 Å². The van der Waals surface area contributed by atoms with Gasteiger partial charge in [-0.15, -0.1) is 0 Å². The first kappa shape index (κ1) is 22.5. The van der Waals surface area contributed by atoms with Gasteiger partial charge in [-0.1, -0.05) is 11.8 Å². The predicted octanol–water partition coefficient (Wildman–Crippen LogP) is 1.76. The predicted molar refractivity (Wildman–Crippen MR) is 119 cm³/mol. The van der Waals surface area contributed by atoms with Crippen molar-refractivity contribution in [1.82, 2.24) is 18.7 Å². The number of carbonyl (C=O) groups excluding carboxylic acids is 1. The maximum atomic E-state index is 12.7. The molecule has 11 heteroatoms. The van der Waals surface area contributed by atoms with E-state index < -0.39 is 11.2 Å². The lowest BCUT2D eigenvalue weighted by molar-refractivity contribution is -0.113. The topological polar surface area (TPSA) is 109 Å². The highest BCUT2D eigenvalue weighted by atomic mass is 32.2. The number of rotatable bonds is 7. The Balaban J connectivity index is 1.89. The number of nitrogens with one attached hydrogen (secondary N) is 1. The average Bonchev–Trinajstić information content (AvgIpc) is 3.14. The number of amides is 1. The van der Waals surface area contributed by atoms with E-state index in [1.54, 1.807) is 29.8 Å². The standard InChI is InChI=1S/C20H25N5O5S/c1-11(2)25-16-17(23(3)20(28)24(4)18(16)27)22-19(25)31-10-15(26)21-12-7-13(29-5)9-14(8-12)30-6/h7-9,11H,10H2,1-6H3,(H,21,26). The minimum Gasteiger partial charge on any atom is -0.497 e. The first-order valence-electron chi connectivity index (χ1n) is 9.51. The molecule has 0 aliphatic heterocycles. The molecule has 31 heavy (non-hydrogen) atoms. The van der Waals surface area contributed by atoms with E-state index in [2.05, 4.69) is 10.3 Å². The number of imidazole rings is 1. The van der Waals surface area contributed by atoms with Crippen molar-refractivity contribution in [3.63, 3.8) is 0 Å². The highest BCUT2D eigenvalue weighted by molar-refractivity contribution is 7.99. The van der Waals surface area contributed by atoms with Crippen LogP contribution in [0.1, 0.15) is 19.9 Å². The second kappa shape index (κ2) is 8.88. The molecule has 0 radical (unpaired) electrons. The zero-order chi connectivity index (χ0) is 22.9. The minimum atomic E-state index is -0.452. The maximum Gasteiger partial charge on any atom is 0.332 e. The zero-order valence-electron chi connectivity index (χ0n) is 18.3. The summed E-state index contributed by atoms with van der Waals surface area (Å²) in [7, 11) is 6.07. The largest absolute Gasteiger partial charge is 0.497 e. The molecular formula is C20H25N5O5S. The van der Waals surface area contributed by atoms with Crippen molar-refractivity contribution in [2.24, 2.45) is 14.1 Å². The number of aromatic nitrogens is 4. The van der Waals surface area contributed by atoms with Crippen LogP contribution in [0, 0.1) is 0 Å². The molecule has 0 bridgehead atoms. The van der Waals surface area contributed by atoms with Crippen molar-refractivity contribution in [2.75, 3.05) is 25.3 Å². The number of hydrogen-bond donors (Lipinski definition) is 1. The van der Waals surface area contributed by atoms with Gasteiger partial charge in [-0.25, -0.2) is 9.78 Å². The Morgan fingerprint density at radius 1 is 1.10 bits per heavy atom. The van der Waals surface area contributed by atoms with Crippen LogP contribution in [0.5, 0.6) is 11.5 Å². The Bertz CT molecular complexity index is 1240. The Labute approximate surface area is 182 Å². The third kappa shape index (κ3) is 4.31. The number of nitrogens with zero attached hydrogens (tertiary/aromatic N) is 4.